The summed E-state index contributed by atoms with van der Waals surface area (Å²) in [6.07, 6.45) is 6.35. The van der Waals surface area contributed by atoms with Crippen molar-refractivity contribution in [3.05, 3.63) is 0 Å². The van der Waals surface area contributed by atoms with Gasteiger partial charge in [0.25, 0.3) is 0 Å². The number of nitrogens with one attached hydrogen (secondary N) is 1. The van der Waals surface area contributed by atoms with E-state index >= 15 is 0 Å². The minimum Gasteiger partial charge on any atom is -0.382 e. The van der Waals surface area contributed by atoms with Crippen LogP contribution in [0.5, 0.6) is 0 Å². The zero-order valence-corrected chi connectivity index (χ0v) is 12.5. The van der Waals surface area contributed by atoms with Gasteiger partial charge < -0.3 is 14.8 Å². The first-order valence-corrected chi connectivity index (χ1v) is 7.51. The fourth-order valence-electron chi connectivity index (χ4n) is 2.51. The first kappa shape index (κ1) is 16.9. The molecule has 0 unspecified atom stereocenters. The lowest BCUT2D eigenvalue weighted by atomic mass is 9.81. The number of nitriles is 1. The molecule has 1 N–H and O–H groups in total. The molecule has 0 bridgehead atoms. The molecule has 1 saturated carbocycles. The fraction of sp³-hybridized carbons (Fsp3) is 0.867. The van der Waals surface area contributed by atoms with Crippen molar-refractivity contribution in [1.29, 1.82) is 5.26 Å². The summed E-state index contributed by atoms with van der Waals surface area (Å²) >= 11 is 0. The molecule has 1 rings (SSSR count). The Labute approximate surface area is 121 Å². The molecule has 0 saturated heterocycles. The highest BCUT2D eigenvalue weighted by atomic mass is 16.5. The molecular weight excluding hydrogens is 256 g/mol. The molecule has 20 heavy (non-hydrogen) atoms. The average molecular weight is 282 g/mol. The zero-order chi connectivity index (χ0) is 14.7. The second-order valence-corrected chi connectivity index (χ2v) is 5.32. The minimum atomic E-state index is -0.798. The Bertz CT molecular complexity index is 318. The Morgan fingerprint density at radius 1 is 1.20 bits per heavy atom. The summed E-state index contributed by atoms with van der Waals surface area (Å²) in [5.41, 5.74) is -0.798. The Morgan fingerprint density at radius 2 is 1.90 bits per heavy atom. The highest BCUT2D eigenvalue weighted by molar-refractivity contribution is 5.85. The molecule has 0 aliphatic heterocycles. The molecular formula is C15H26N2O3. The Hall–Kier alpha value is -1.12. The van der Waals surface area contributed by atoms with Gasteiger partial charge in [-0.05, 0) is 19.3 Å². The smallest absolute Gasteiger partial charge is 0.240 e. The van der Waals surface area contributed by atoms with Crippen LogP contribution in [0, 0.1) is 16.7 Å². The Morgan fingerprint density at radius 3 is 2.50 bits per heavy atom. The molecule has 0 spiro atoms. The van der Waals surface area contributed by atoms with Crippen molar-refractivity contribution < 1.29 is 14.3 Å². The molecule has 1 fully saturated rings. The topological polar surface area (TPSA) is 71.3 Å². The normalized spacial score (nSPS) is 18.0. The van der Waals surface area contributed by atoms with Crippen LogP contribution < -0.4 is 5.32 Å². The number of rotatable bonds is 8. The van der Waals surface area contributed by atoms with E-state index in [1.165, 1.54) is 0 Å². The predicted molar refractivity (Wildman–Crippen MR) is 76.1 cm³/mol. The lowest BCUT2D eigenvalue weighted by molar-refractivity contribution is -0.128. The van der Waals surface area contributed by atoms with Crippen molar-refractivity contribution in [2.24, 2.45) is 5.41 Å². The molecule has 0 heterocycles. The first-order chi connectivity index (χ1) is 9.75. The lowest BCUT2D eigenvalue weighted by Gasteiger charge is -2.23. The summed E-state index contributed by atoms with van der Waals surface area (Å²) in [6.45, 7) is 2.33. The molecule has 0 atom stereocenters. The first-order valence-electron chi connectivity index (χ1n) is 7.51. The van der Waals surface area contributed by atoms with Gasteiger partial charge >= 0.3 is 0 Å². The predicted octanol–water partition coefficient (Wildman–Crippen LogP) is 2.02. The number of carbonyl (C=O) groups is 1. The number of amides is 1. The van der Waals surface area contributed by atoms with Crippen LogP contribution in [0.25, 0.3) is 0 Å². The average Bonchev–Trinajstić information content (AvgIpc) is 2.72. The maximum atomic E-state index is 12.2. The summed E-state index contributed by atoms with van der Waals surface area (Å²) in [6, 6.07) is 2.27. The second kappa shape index (κ2) is 9.73. The quantitative estimate of drug-likeness (QED) is 0.546. The number of ether oxygens (including phenoxy) is 2. The van der Waals surface area contributed by atoms with Crippen LogP contribution in [0.15, 0.2) is 0 Å². The van der Waals surface area contributed by atoms with Crippen LogP contribution in [-0.2, 0) is 14.3 Å². The monoisotopic (exact) mass is 282 g/mol. The minimum absolute atomic E-state index is 0.0983. The Kier molecular flexibility index (Phi) is 8.24. The third kappa shape index (κ3) is 5.48. The highest BCUT2D eigenvalue weighted by Crippen LogP contribution is 2.34. The van der Waals surface area contributed by atoms with E-state index in [1.54, 1.807) is 7.11 Å². The van der Waals surface area contributed by atoms with Gasteiger partial charge in [-0.1, -0.05) is 25.7 Å². The summed E-state index contributed by atoms with van der Waals surface area (Å²) < 4.78 is 10.2. The van der Waals surface area contributed by atoms with Crippen molar-refractivity contribution in [3.8, 4) is 6.07 Å². The summed E-state index contributed by atoms with van der Waals surface area (Å²) in [5.74, 6) is -0.0983. The van der Waals surface area contributed by atoms with Crippen molar-refractivity contribution in [2.45, 2.75) is 44.9 Å². The maximum Gasteiger partial charge on any atom is 0.240 e. The Balaban J connectivity index is 2.24. The molecule has 114 valence electrons. The number of carbonyl (C=O) groups excluding carboxylic acids is 1. The van der Waals surface area contributed by atoms with E-state index in [4.69, 9.17) is 9.47 Å². The lowest BCUT2D eigenvalue weighted by Crippen LogP contribution is -2.40. The zero-order valence-electron chi connectivity index (χ0n) is 12.5. The molecule has 0 aromatic carbocycles. The van der Waals surface area contributed by atoms with E-state index in [1.807, 2.05) is 0 Å². The number of nitrogens with zero attached hydrogens (tertiary/aromatic N) is 1. The van der Waals surface area contributed by atoms with Crippen molar-refractivity contribution in [1.82, 2.24) is 5.32 Å². The molecule has 0 radical (unpaired) electrons. The van der Waals surface area contributed by atoms with Crippen molar-refractivity contribution in [2.75, 3.05) is 33.5 Å². The standard InChI is InChI=1S/C15H26N2O3/c1-19-11-12-20-10-6-9-17-14(18)15(13-16)7-4-2-3-5-8-15/h2-12H2,1H3,(H,17,18). The summed E-state index contributed by atoms with van der Waals surface area (Å²) in [4.78, 5) is 12.2. The molecule has 0 aromatic heterocycles. The van der Waals surface area contributed by atoms with Crippen LogP contribution in [0.2, 0.25) is 0 Å². The molecule has 1 amide bonds. The van der Waals surface area contributed by atoms with Crippen LogP contribution in [0.4, 0.5) is 0 Å². The second-order valence-electron chi connectivity index (χ2n) is 5.32. The number of methoxy groups -OCH3 is 1. The van der Waals surface area contributed by atoms with Gasteiger partial charge in [0.05, 0.1) is 19.3 Å². The molecule has 1 aliphatic carbocycles. The van der Waals surface area contributed by atoms with Gasteiger partial charge in [-0.15, -0.1) is 0 Å². The summed E-state index contributed by atoms with van der Waals surface area (Å²) in [5, 5.41) is 12.3. The van der Waals surface area contributed by atoms with Crippen LogP contribution in [0.1, 0.15) is 44.9 Å². The maximum absolute atomic E-state index is 12.2. The molecule has 5 heteroatoms. The number of hydrogen-bond acceptors (Lipinski definition) is 4. The van der Waals surface area contributed by atoms with E-state index < -0.39 is 5.41 Å². The van der Waals surface area contributed by atoms with Crippen LogP contribution >= 0.6 is 0 Å². The van der Waals surface area contributed by atoms with Gasteiger partial charge in [-0.3, -0.25) is 4.79 Å². The largest absolute Gasteiger partial charge is 0.382 e. The van der Waals surface area contributed by atoms with Gasteiger partial charge in [0, 0.05) is 20.3 Å². The third-order valence-electron chi connectivity index (χ3n) is 3.79. The summed E-state index contributed by atoms with van der Waals surface area (Å²) in [7, 11) is 1.64. The van der Waals surface area contributed by atoms with Gasteiger partial charge in [0.1, 0.15) is 5.41 Å². The molecule has 1 aliphatic rings. The van der Waals surface area contributed by atoms with Gasteiger partial charge in [0.15, 0.2) is 0 Å². The van der Waals surface area contributed by atoms with Crippen LogP contribution in [0.3, 0.4) is 0 Å². The highest BCUT2D eigenvalue weighted by Gasteiger charge is 2.38. The van der Waals surface area contributed by atoms with E-state index in [9.17, 15) is 10.1 Å². The van der Waals surface area contributed by atoms with E-state index in [-0.39, 0.29) is 5.91 Å². The van der Waals surface area contributed by atoms with Gasteiger partial charge in [-0.2, -0.15) is 5.26 Å². The van der Waals surface area contributed by atoms with E-state index in [2.05, 4.69) is 11.4 Å². The van der Waals surface area contributed by atoms with Crippen molar-refractivity contribution >= 4 is 5.91 Å². The van der Waals surface area contributed by atoms with Crippen molar-refractivity contribution in [3.63, 3.8) is 0 Å². The molecule has 5 nitrogen and oxygen atoms in total. The van der Waals surface area contributed by atoms with Gasteiger partial charge in [-0.25, -0.2) is 0 Å². The SMILES string of the molecule is COCCOCCCNC(=O)C1(C#N)CCCCCC1. The number of hydrogen-bond donors (Lipinski definition) is 1. The van der Waals surface area contributed by atoms with Gasteiger partial charge in [0.2, 0.25) is 5.91 Å². The molecule has 0 aromatic rings. The van der Waals surface area contributed by atoms with E-state index in [0.717, 1.165) is 32.1 Å². The fourth-order valence-corrected chi connectivity index (χ4v) is 2.51. The third-order valence-corrected chi connectivity index (χ3v) is 3.79. The van der Waals surface area contributed by atoms with Crippen LogP contribution in [-0.4, -0.2) is 39.4 Å². The van der Waals surface area contributed by atoms with E-state index in [0.29, 0.717) is 39.2 Å².